The maximum absolute atomic E-state index is 14.2. The van der Waals surface area contributed by atoms with E-state index in [4.69, 9.17) is 0 Å². The highest BCUT2D eigenvalue weighted by Crippen LogP contribution is 2.49. The number of pyridine rings is 1. The van der Waals surface area contributed by atoms with E-state index in [9.17, 15) is 14.3 Å². The van der Waals surface area contributed by atoms with Gasteiger partial charge >= 0.3 is 0 Å². The fraction of sp³-hybridized carbons (Fsp3) is 0.429. The van der Waals surface area contributed by atoms with Crippen LogP contribution in [-0.4, -0.2) is 28.1 Å². The minimum Gasteiger partial charge on any atom is -0.393 e. The van der Waals surface area contributed by atoms with Gasteiger partial charge in [-0.3, -0.25) is 9.78 Å². The molecule has 0 saturated heterocycles. The average molecular weight is 354 g/mol. The third-order valence-corrected chi connectivity index (χ3v) is 5.76. The zero-order valence-electron chi connectivity index (χ0n) is 14.6. The molecule has 4 rings (SSSR count). The van der Waals surface area contributed by atoms with Crippen LogP contribution in [0.15, 0.2) is 48.7 Å². The smallest absolute Gasteiger partial charge is 0.231 e. The quantitative estimate of drug-likeness (QED) is 0.838. The van der Waals surface area contributed by atoms with Crippen molar-refractivity contribution in [1.82, 2.24) is 10.3 Å². The summed E-state index contributed by atoms with van der Waals surface area (Å²) in [5, 5.41) is 12.8. The highest BCUT2D eigenvalue weighted by atomic mass is 19.1. The number of nitrogens with zero attached hydrogens (tertiary/aromatic N) is 1. The van der Waals surface area contributed by atoms with Gasteiger partial charge in [-0.15, -0.1) is 0 Å². The summed E-state index contributed by atoms with van der Waals surface area (Å²) < 4.78 is 14.2. The van der Waals surface area contributed by atoms with Crippen LogP contribution in [0.4, 0.5) is 4.39 Å². The van der Waals surface area contributed by atoms with Gasteiger partial charge in [-0.1, -0.05) is 24.3 Å². The molecule has 2 aliphatic carbocycles. The van der Waals surface area contributed by atoms with Gasteiger partial charge in [-0.2, -0.15) is 0 Å². The Labute approximate surface area is 152 Å². The van der Waals surface area contributed by atoms with Crippen molar-refractivity contribution in [2.75, 3.05) is 0 Å². The van der Waals surface area contributed by atoms with Gasteiger partial charge in [0.05, 0.1) is 11.5 Å². The van der Waals surface area contributed by atoms with Gasteiger partial charge in [0.15, 0.2) is 0 Å². The molecule has 1 amide bonds. The first kappa shape index (κ1) is 17.2. The van der Waals surface area contributed by atoms with E-state index in [1.54, 1.807) is 24.4 Å². The molecule has 2 fully saturated rings. The van der Waals surface area contributed by atoms with E-state index in [1.165, 1.54) is 6.07 Å². The Morgan fingerprint density at radius 3 is 2.58 bits per heavy atom. The highest BCUT2D eigenvalue weighted by Gasteiger charge is 2.53. The van der Waals surface area contributed by atoms with Gasteiger partial charge in [0.1, 0.15) is 5.82 Å². The van der Waals surface area contributed by atoms with Crippen molar-refractivity contribution in [2.45, 2.75) is 49.7 Å². The van der Waals surface area contributed by atoms with Gasteiger partial charge in [0.25, 0.3) is 0 Å². The lowest BCUT2D eigenvalue weighted by atomic mass is 9.75. The number of halogens is 1. The SMILES string of the molecule is O=C(N[C@H](Cc1ccccn1)C1CC(O)C1)C1(c2ccccc2F)CC1. The number of carbonyl (C=O) groups excluding carboxylic acids is 1. The Bertz CT molecular complexity index is 786. The predicted octanol–water partition coefficient (Wildman–Crippen LogP) is 2.75. The maximum atomic E-state index is 14.2. The minimum atomic E-state index is -0.740. The van der Waals surface area contributed by atoms with E-state index >= 15 is 0 Å². The van der Waals surface area contributed by atoms with E-state index in [0.29, 0.717) is 37.7 Å². The molecule has 4 nitrogen and oxygen atoms in total. The fourth-order valence-electron chi connectivity index (χ4n) is 3.94. The molecule has 136 valence electrons. The molecule has 1 atom stereocenters. The molecule has 1 aromatic carbocycles. The van der Waals surface area contributed by atoms with Crippen molar-refractivity contribution >= 4 is 5.91 Å². The zero-order chi connectivity index (χ0) is 18.1. The molecule has 0 bridgehead atoms. The molecule has 2 N–H and O–H groups in total. The van der Waals surface area contributed by atoms with E-state index in [-0.39, 0.29) is 29.8 Å². The van der Waals surface area contributed by atoms with Crippen molar-refractivity contribution in [1.29, 1.82) is 0 Å². The number of hydrogen-bond donors (Lipinski definition) is 2. The number of aliphatic hydroxyl groups is 1. The van der Waals surface area contributed by atoms with E-state index < -0.39 is 5.41 Å². The van der Waals surface area contributed by atoms with Crippen molar-refractivity contribution in [2.24, 2.45) is 5.92 Å². The lowest BCUT2D eigenvalue weighted by Crippen LogP contribution is -2.51. The number of aromatic nitrogens is 1. The van der Waals surface area contributed by atoms with Crippen LogP contribution in [0.1, 0.15) is 36.9 Å². The topological polar surface area (TPSA) is 62.2 Å². The van der Waals surface area contributed by atoms with Crippen LogP contribution in [0.3, 0.4) is 0 Å². The molecule has 0 radical (unpaired) electrons. The third-order valence-electron chi connectivity index (χ3n) is 5.76. The van der Waals surface area contributed by atoms with Crippen LogP contribution in [0, 0.1) is 11.7 Å². The lowest BCUT2D eigenvalue weighted by Gasteiger charge is -2.38. The van der Waals surface area contributed by atoms with Crippen molar-refractivity contribution < 1.29 is 14.3 Å². The average Bonchev–Trinajstić information content (AvgIpc) is 3.41. The summed E-state index contributed by atoms with van der Waals surface area (Å²) in [6.45, 7) is 0. The van der Waals surface area contributed by atoms with Gasteiger partial charge < -0.3 is 10.4 Å². The second kappa shape index (κ2) is 6.80. The Balaban J connectivity index is 1.52. The minimum absolute atomic E-state index is 0.0925. The zero-order valence-corrected chi connectivity index (χ0v) is 14.6. The van der Waals surface area contributed by atoms with Gasteiger partial charge in [0, 0.05) is 29.9 Å². The summed E-state index contributed by atoms with van der Waals surface area (Å²) in [6.07, 6.45) is 4.79. The molecular formula is C21H23FN2O2. The first-order chi connectivity index (χ1) is 12.6. The monoisotopic (exact) mass is 354 g/mol. The standard InChI is InChI=1S/C21H23FN2O2/c22-18-7-2-1-6-17(18)21(8-9-21)20(26)24-19(14-11-16(25)12-14)13-15-5-3-4-10-23-15/h1-7,10,14,16,19,25H,8-9,11-13H2,(H,24,26)/t14?,16?,19-/m1/s1. The Hall–Kier alpha value is -2.27. The summed E-state index contributed by atoms with van der Waals surface area (Å²) in [5.74, 6) is -0.196. The molecule has 0 spiro atoms. The van der Waals surface area contributed by atoms with Crippen LogP contribution >= 0.6 is 0 Å². The molecule has 2 aliphatic rings. The van der Waals surface area contributed by atoms with Gasteiger partial charge in [-0.05, 0) is 49.8 Å². The summed E-state index contributed by atoms with van der Waals surface area (Å²) >= 11 is 0. The second-order valence-electron chi connectivity index (χ2n) is 7.55. The van der Waals surface area contributed by atoms with Crippen LogP contribution in [0.25, 0.3) is 0 Å². The molecule has 0 unspecified atom stereocenters. The fourth-order valence-corrected chi connectivity index (χ4v) is 3.94. The summed E-state index contributed by atoms with van der Waals surface area (Å²) in [6, 6.07) is 12.2. The number of amides is 1. The summed E-state index contributed by atoms with van der Waals surface area (Å²) in [4.78, 5) is 17.4. The Morgan fingerprint density at radius 2 is 1.96 bits per heavy atom. The van der Waals surface area contributed by atoms with Crippen LogP contribution in [0.5, 0.6) is 0 Å². The van der Waals surface area contributed by atoms with Crippen LogP contribution < -0.4 is 5.32 Å². The van der Waals surface area contributed by atoms with Gasteiger partial charge in [-0.25, -0.2) is 4.39 Å². The summed E-state index contributed by atoms with van der Waals surface area (Å²) in [5.41, 5.74) is 0.661. The number of aliphatic hydroxyl groups excluding tert-OH is 1. The second-order valence-corrected chi connectivity index (χ2v) is 7.55. The number of nitrogens with one attached hydrogen (secondary N) is 1. The third kappa shape index (κ3) is 3.23. The number of carbonyl (C=O) groups is 1. The van der Waals surface area contributed by atoms with E-state index in [0.717, 1.165) is 5.69 Å². The van der Waals surface area contributed by atoms with Crippen LogP contribution in [0.2, 0.25) is 0 Å². The number of benzene rings is 1. The normalized spacial score (nSPS) is 24.4. The molecule has 5 heteroatoms. The lowest BCUT2D eigenvalue weighted by molar-refractivity contribution is -0.125. The van der Waals surface area contributed by atoms with Crippen molar-refractivity contribution in [3.8, 4) is 0 Å². The molecule has 0 aliphatic heterocycles. The maximum Gasteiger partial charge on any atom is 0.231 e. The first-order valence-electron chi connectivity index (χ1n) is 9.22. The number of hydrogen-bond acceptors (Lipinski definition) is 3. The Morgan fingerprint density at radius 1 is 1.23 bits per heavy atom. The molecule has 26 heavy (non-hydrogen) atoms. The molecule has 1 aromatic heterocycles. The highest BCUT2D eigenvalue weighted by molar-refractivity contribution is 5.91. The largest absolute Gasteiger partial charge is 0.393 e. The number of rotatable bonds is 6. The first-order valence-corrected chi connectivity index (χ1v) is 9.22. The molecular weight excluding hydrogens is 331 g/mol. The Kier molecular flexibility index (Phi) is 4.49. The van der Waals surface area contributed by atoms with E-state index in [1.807, 2.05) is 18.2 Å². The molecule has 2 aromatic rings. The van der Waals surface area contributed by atoms with Gasteiger partial charge in [0.2, 0.25) is 5.91 Å². The van der Waals surface area contributed by atoms with Crippen LogP contribution in [-0.2, 0) is 16.6 Å². The molecule has 1 heterocycles. The molecule has 2 saturated carbocycles. The van der Waals surface area contributed by atoms with E-state index in [2.05, 4.69) is 10.3 Å². The van der Waals surface area contributed by atoms with Crippen molar-refractivity contribution in [3.63, 3.8) is 0 Å². The van der Waals surface area contributed by atoms with Crippen molar-refractivity contribution in [3.05, 3.63) is 65.7 Å². The summed E-state index contributed by atoms with van der Waals surface area (Å²) in [7, 11) is 0. The predicted molar refractivity (Wildman–Crippen MR) is 95.9 cm³/mol.